The van der Waals surface area contributed by atoms with Gasteiger partial charge in [-0.1, -0.05) is 12.1 Å². The van der Waals surface area contributed by atoms with E-state index in [9.17, 15) is 13.2 Å². The van der Waals surface area contributed by atoms with Crippen LogP contribution in [0.2, 0.25) is 0 Å². The van der Waals surface area contributed by atoms with Crippen molar-refractivity contribution < 1.29 is 17.6 Å². The summed E-state index contributed by atoms with van der Waals surface area (Å²) < 4.78 is 30.6. The Labute approximate surface area is 134 Å². The first kappa shape index (κ1) is 17.1. The number of amides is 1. The molecule has 1 aromatic carbocycles. The average molecular weight is 338 g/mol. The summed E-state index contributed by atoms with van der Waals surface area (Å²) in [6.45, 7) is 1.87. The summed E-state index contributed by atoms with van der Waals surface area (Å²) >= 11 is 0. The topological polar surface area (TPSA) is 114 Å². The van der Waals surface area contributed by atoms with Gasteiger partial charge in [-0.15, -0.1) is 10.2 Å². The van der Waals surface area contributed by atoms with Gasteiger partial charge in [-0.3, -0.25) is 4.79 Å². The Hall–Kier alpha value is -2.26. The third-order valence-electron chi connectivity index (χ3n) is 3.15. The Balaban J connectivity index is 1.82. The van der Waals surface area contributed by atoms with E-state index in [0.29, 0.717) is 18.2 Å². The molecule has 23 heavy (non-hydrogen) atoms. The van der Waals surface area contributed by atoms with Gasteiger partial charge in [-0.25, -0.2) is 13.1 Å². The second kappa shape index (κ2) is 7.34. The lowest BCUT2D eigenvalue weighted by atomic mass is 10.1. The van der Waals surface area contributed by atoms with Gasteiger partial charge in [0.05, 0.1) is 11.4 Å². The van der Waals surface area contributed by atoms with Crippen molar-refractivity contribution >= 4 is 15.9 Å². The van der Waals surface area contributed by atoms with Crippen LogP contribution in [0, 0.1) is 6.92 Å². The van der Waals surface area contributed by atoms with Gasteiger partial charge in [0.25, 0.3) is 0 Å². The Morgan fingerprint density at radius 2 is 1.91 bits per heavy atom. The minimum absolute atomic E-state index is 0.146. The second-order valence-corrected chi connectivity index (χ2v) is 6.73. The first-order valence-electron chi connectivity index (χ1n) is 6.99. The largest absolute Gasteiger partial charge is 0.424 e. The molecule has 1 aromatic heterocycles. The lowest BCUT2D eigenvalue weighted by Gasteiger charge is -2.05. The number of hydrogen-bond acceptors (Lipinski definition) is 6. The van der Waals surface area contributed by atoms with E-state index in [-0.39, 0.29) is 23.8 Å². The number of aromatic nitrogens is 2. The molecule has 0 atom stereocenters. The van der Waals surface area contributed by atoms with Gasteiger partial charge in [0.1, 0.15) is 0 Å². The average Bonchev–Trinajstić information content (AvgIpc) is 2.97. The van der Waals surface area contributed by atoms with E-state index in [1.54, 1.807) is 19.1 Å². The zero-order chi connectivity index (χ0) is 16.9. The third kappa shape index (κ3) is 4.86. The lowest BCUT2D eigenvalue weighted by molar-refractivity contribution is -0.121. The predicted molar refractivity (Wildman–Crippen MR) is 81.9 cm³/mol. The molecule has 0 aliphatic heterocycles. The highest BCUT2D eigenvalue weighted by atomic mass is 32.2. The van der Waals surface area contributed by atoms with Crippen LogP contribution in [0.1, 0.15) is 23.8 Å². The quantitative estimate of drug-likeness (QED) is 0.761. The summed E-state index contributed by atoms with van der Waals surface area (Å²) in [4.78, 5) is 12.0. The zero-order valence-electron chi connectivity index (χ0n) is 12.9. The van der Waals surface area contributed by atoms with Crippen LogP contribution in [0.25, 0.3) is 0 Å². The molecule has 2 rings (SSSR count). The van der Waals surface area contributed by atoms with Crippen LogP contribution in [0.15, 0.2) is 33.6 Å². The van der Waals surface area contributed by atoms with Crippen LogP contribution in [-0.4, -0.2) is 31.6 Å². The fourth-order valence-electron chi connectivity index (χ4n) is 1.88. The van der Waals surface area contributed by atoms with E-state index < -0.39 is 10.0 Å². The first-order valence-corrected chi connectivity index (χ1v) is 8.47. The van der Waals surface area contributed by atoms with E-state index in [1.807, 2.05) is 0 Å². The van der Waals surface area contributed by atoms with Crippen molar-refractivity contribution in [1.29, 1.82) is 0 Å². The molecule has 0 unspecified atom stereocenters. The van der Waals surface area contributed by atoms with E-state index in [2.05, 4.69) is 20.2 Å². The summed E-state index contributed by atoms with van der Waals surface area (Å²) in [6.07, 6.45) is 0.791. The third-order valence-corrected chi connectivity index (χ3v) is 4.58. The maximum Gasteiger partial charge on any atom is 0.240 e. The Morgan fingerprint density at radius 1 is 1.22 bits per heavy atom. The summed E-state index contributed by atoms with van der Waals surface area (Å²) in [7, 11) is -2.08. The smallest absolute Gasteiger partial charge is 0.240 e. The van der Waals surface area contributed by atoms with Gasteiger partial charge >= 0.3 is 0 Å². The zero-order valence-corrected chi connectivity index (χ0v) is 13.7. The molecule has 0 aliphatic rings. The number of carbonyl (C=O) groups excluding carboxylic acids is 1. The molecule has 0 aliphatic carbocycles. The van der Waals surface area contributed by atoms with E-state index in [4.69, 9.17) is 4.42 Å². The first-order chi connectivity index (χ1) is 10.9. The van der Waals surface area contributed by atoms with Crippen molar-refractivity contribution in [3.05, 3.63) is 41.6 Å². The highest BCUT2D eigenvalue weighted by Crippen LogP contribution is 2.11. The van der Waals surface area contributed by atoms with Crippen molar-refractivity contribution in [2.24, 2.45) is 0 Å². The number of nitrogens with zero attached hydrogens (tertiary/aromatic N) is 2. The summed E-state index contributed by atoms with van der Waals surface area (Å²) in [5.74, 6) is 0.663. The van der Waals surface area contributed by atoms with E-state index in [0.717, 1.165) is 5.56 Å². The number of benzene rings is 1. The van der Waals surface area contributed by atoms with Crippen molar-refractivity contribution in [2.45, 2.75) is 31.2 Å². The number of rotatable bonds is 7. The van der Waals surface area contributed by atoms with Crippen molar-refractivity contribution in [2.75, 3.05) is 7.05 Å². The molecule has 0 bridgehead atoms. The SMILES string of the molecule is CNS(=O)(=O)c1ccc(CCC(=O)NCc2nnc(C)o2)cc1. The van der Waals surface area contributed by atoms with Gasteiger partial charge in [-0.05, 0) is 31.2 Å². The van der Waals surface area contributed by atoms with Gasteiger partial charge in [-0.2, -0.15) is 0 Å². The maximum atomic E-state index is 11.8. The van der Waals surface area contributed by atoms with Crippen LogP contribution in [0.5, 0.6) is 0 Å². The summed E-state index contributed by atoms with van der Waals surface area (Å²) in [6, 6.07) is 6.41. The molecule has 0 fully saturated rings. The monoisotopic (exact) mass is 338 g/mol. The fourth-order valence-corrected chi connectivity index (χ4v) is 2.61. The molecule has 2 aromatic rings. The molecular formula is C14H18N4O4S. The second-order valence-electron chi connectivity index (χ2n) is 4.84. The fraction of sp³-hybridized carbons (Fsp3) is 0.357. The molecule has 2 N–H and O–H groups in total. The molecule has 1 heterocycles. The molecule has 0 saturated heterocycles. The summed E-state index contributed by atoms with van der Waals surface area (Å²) in [5, 5.41) is 10.1. The Morgan fingerprint density at radius 3 is 2.48 bits per heavy atom. The van der Waals surface area contributed by atoms with Crippen LogP contribution in [0.3, 0.4) is 0 Å². The standard InChI is InChI=1S/C14H18N4O4S/c1-10-17-18-14(22-10)9-16-13(19)8-5-11-3-6-12(7-4-11)23(20,21)15-2/h3-4,6-7,15H,5,8-9H2,1-2H3,(H,16,19). The number of carbonyl (C=O) groups is 1. The van der Waals surface area contributed by atoms with E-state index in [1.165, 1.54) is 19.2 Å². The molecule has 0 spiro atoms. The maximum absolute atomic E-state index is 11.8. The van der Waals surface area contributed by atoms with Gasteiger partial charge < -0.3 is 9.73 Å². The van der Waals surface area contributed by atoms with Crippen molar-refractivity contribution in [3.8, 4) is 0 Å². The highest BCUT2D eigenvalue weighted by Gasteiger charge is 2.11. The number of sulfonamides is 1. The van der Waals surface area contributed by atoms with Crippen LogP contribution < -0.4 is 10.0 Å². The molecular weight excluding hydrogens is 320 g/mol. The van der Waals surface area contributed by atoms with Crippen LogP contribution in [0.4, 0.5) is 0 Å². The highest BCUT2D eigenvalue weighted by molar-refractivity contribution is 7.89. The number of nitrogens with one attached hydrogen (secondary N) is 2. The van der Waals surface area contributed by atoms with Crippen LogP contribution in [-0.2, 0) is 27.8 Å². The summed E-state index contributed by atoms with van der Waals surface area (Å²) in [5.41, 5.74) is 0.879. The van der Waals surface area contributed by atoms with Crippen LogP contribution >= 0.6 is 0 Å². The molecule has 9 heteroatoms. The minimum atomic E-state index is -3.44. The molecule has 0 radical (unpaired) electrons. The predicted octanol–water partition coefficient (Wildman–Crippen LogP) is 0.535. The Kier molecular flexibility index (Phi) is 5.45. The van der Waals surface area contributed by atoms with Gasteiger partial charge in [0.15, 0.2) is 0 Å². The number of hydrogen-bond donors (Lipinski definition) is 2. The van der Waals surface area contributed by atoms with Gasteiger partial charge in [0, 0.05) is 13.3 Å². The number of aryl methyl sites for hydroxylation is 2. The molecule has 8 nitrogen and oxygen atoms in total. The lowest BCUT2D eigenvalue weighted by Crippen LogP contribution is -2.23. The molecule has 0 saturated carbocycles. The molecule has 124 valence electrons. The normalized spacial score (nSPS) is 11.4. The van der Waals surface area contributed by atoms with Crippen molar-refractivity contribution in [3.63, 3.8) is 0 Å². The molecule has 1 amide bonds. The van der Waals surface area contributed by atoms with Gasteiger partial charge in [0.2, 0.25) is 27.7 Å². The van der Waals surface area contributed by atoms with E-state index >= 15 is 0 Å². The minimum Gasteiger partial charge on any atom is -0.424 e. The Bertz CT molecular complexity index is 768. The van der Waals surface area contributed by atoms with Crippen molar-refractivity contribution in [1.82, 2.24) is 20.2 Å².